The maximum absolute atomic E-state index is 11.2. The Balaban J connectivity index is 1.91. The minimum atomic E-state index is -0.456. The van der Waals surface area contributed by atoms with E-state index in [0.717, 1.165) is 23.0 Å². The highest BCUT2D eigenvalue weighted by molar-refractivity contribution is 5.77. The van der Waals surface area contributed by atoms with Crippen molar-refractivity contribution in [3.8, 4) is 5.75 Å². The molecule has 1 aromatic heterocycles. The predicted octanol–water partition coefficient (Wildman–Crippen LogP) is 3.84. The molecule has 4 heteroatoms. The lowest BCUT2D eigenvalue weighted by Crippen LogP contribution is -2.07. The lowest BCUT2D eigenvalue weighted by Gasteiger charge is -2.10. The maximum atomic E-state index is 11.2. The molecule has 0 unspecified atom stereocenters. The van der Waals surface area contributed by atoms with E-state index in [-0.39, 0.29) is 5.63 Å². The van der Waals surface area contributed by atoms with Crippen LogP contribution in [0.3, 0.4) is 0 Å². The van der Waals surface area contributed by atoms with Crippen LogP contribution in [-0.2, 0) is 0 Å². The Morgan fingerprint density at radius 3 is 2.83 bits per heavy atom. The monoisotopic (exact) mass is 314 g/mol. The van der Waals surface area contributed by atoms with Crippen molar-refractivity contribution in [3.05, 3.63) is 64.6 Å². The molecule has 2 rings (SSSR count). The Bertz CT molecular complexity index is 770. The number of rotatable bonds is 7. The van der Waals surface area contributed by atoms with E-state index in [2.05, 4.69) is 6.58 Å². The molecule has 1 aromatic carbocycles. The van der Waals surface area contributed by atoms with Crippen LogP contribution in [-0.4, -0.2) is 17.8 Å². The van der Waals surface area contributed by atoms with Gasteiger partial charge in [0, 0.05) is 17.5 Å². The molecule has 0 aliphatic rings. The Hall–Kier alpha value is -2.33. The lowest BCUT2D eigenvalue weighted by atomic mass is 10.0. The predicted molar refractivity (Wildman–Crippen MR) is 91.8 cm³/mol. The van der Waals surface area contributed by atoms with Crippen molar-refractivity contribution in [2.45, 2.75) is 32.8 Å². The van der Waals surface area contributed by atoms with Crippen molar-refractivity contribution in [1.29, 1.82) is 0 Å². The third-order valence-corrected chi connectivity index (χ3v) is 3.66. The van der Waals surface area contributed by atoms with Crippen LogP contribution in [0, 0.1) is 0 Å². The average molecular weight is 314 g/mol. The number of hydrogen-bond acceptors (Lipinski definition) is 4. The van der Waals surface area contributed by atoms with E-state index < -0.39 is 6.10 Å². The van der Waals surface area contributed by atoms with E-state index in [4.69, 9.17) is 9.15 Å². The largest absolute Gasteiger partial charge is 0.489 e. The molecule has 1 heterocycles. The van der Waals surface area contributed by atoms with Crippen molar-refractivity contribution in [1.82, 2.24) is 0 Å². The van der Waals surface area contributed by atoms with Gasteiger partial charge in [-0.2, -0.15) is 0 Å². The van der Waals surface area contributed by atoms with Crippen molar-refractivity contribution in [2.75, 3.05) is 6.61 Å². The van der Waals surface area contributed by atoms with Gasteiger partial charge in [-0.25, -0.2) is 4.79 Å². The summed E-state index contributed by atoms with van der Waals surface area (Å²) in [4.78, 5) is 11.2. The number of aliphatic hydroxyl groups excluding tert-OH is 1. The molecule has 23 heavy (non-hydrogen) atoms. The highest BCUT2D eigenvalue weighted by Gasteiger charge is 2.04. The van der Waals surface area contributed by atoms with Gasteiger partial charge >= 0.3 is 5.63 Å². The van der Waals surface area contributed by atoms with Crippen LogP contribution >= 0.6 is 0 Å². The van der Waals surface area contributed by atoms with Crippen LogP contribution in [0.25, 0.3) is 11.0 Å². The second kappa shape index (κ2) is 7.79. The molecule has 2 aromatic rings. The fourth-order valence-corrected chi connectivity index (χ4v) is 2.12. The number of aliphatic hydroxyl groups is 1. The van der Waals surface area contributed by atoms with E-state index in [0.29, 0.717) is 24.4 Å². The number of hydrogen-bond donors (Lipinski definition) is 1. The SMILES string of the molecule is C=C(C)[C@H](O)CC/C(C)=C/COc1ccc2ccc(=O)oc2c1. The number of benzene rings is 1. The summed E-state index contributed by atoms with van der Waals surface area (Å²) in [5, 5.41) is 10.6. The third kappa shape index (κ3) is 5.11. The molecule has 0 fully saturated rings. The molecule has 0 aliphatic heterocycles. The summed E-state index contributed by atoms with van der Waals surface area (Å²) in [6.45, 7) is 8.00. The quantitative estimate of drug-likeness (QED) is 0.623. The normalized spacial score (nSPS) is 13.1. The van der Waals surface area contributed by atoms with Gasteiger partial charge in [0.15, 0.2) is 0 Å². The van der Waals surface area contributed by atoms with Crippen LogP contribution in [0.5, 0.6) is 5.75 Å². The average Bonchev–Trinajstić information content (AvgIpc) is 2.52. The summed E-state index contributed by atoms with van der Waals surface area (Å²) < 4.78 is 10.8. The van der Waals surface area contributed by atoms with Gasteiger partial charge in [0.1, 0.15) is 17.9 Å². The lowest BCUT2D eigenvalue weighted by molar-refractivity contribution is 0.201. The zero-order valence-electron chi connectivity index (χ0n) is 13.5. The van der Waals surface area contributed by atoms with Crippen LogP contribution < -0.4 is 10.4 Å². The van der Waals surface area contributed by atoms with Gasteiger partial charge in [0.25, 0.3) is 0 Å². The second-order valence-electron chi connectivity index (χ2n) is 5.72. The maximum Gasteiger partial charge on any atom is 0.336 e. The van der Waals surface area contributed by atoms with Crippen molar-refractivity contribution < 1.29 is 14.3 Å². The van der Waals surface area contributed by atoms with Gasteiger partial charge < -0.3 is 14.3 Å². The highest BCUT2D eigenvalue weighted by Crippen LogP contribution is 2.19. The molecule has 1 atom stereocenters. The van der Waals surface area contributed by atoms with Gasteiger partial charge in [-0.3, -0.25) is 0 Å². The minimum absolute atomic E-state index is 0.374. The zero-order valence-corrected chi connectivity index (χ0v) is 13.5. The standard InChI is InChI=1S/C19H22O4/c1-13(2)17(20)8-4-14(3)10-11-22-16-7-5-15-6-9-19(21)23-18(15)12-16/h5-7,9-10,12,17,20H,1,4,8,11H2,2-3H3/b14-10+/t17-/m1/s1. The first-order chi connectivity index (χ1) is 11.0. The van der Waals surface area contributed by atoms with Gasteiger partial charge in [-0.15, -0.1) is 0 Å². The molecule has 0 bridgehead atoms. The Morgan fingerprint density at radius 2 is 2.09 bits per heavy atom. The van der Waals surface area contributed by atoms with Crippen LogP contribution in [0.15, 0.2) is 63.3 Å². The zero-order chi connectivity index (χ0) is 16.8. The number of ether oxygens (including phenoxy) is 1. The molecule has 0 saturated heterocycles. The third-order valence-electron chi connectivity index (χ3n) is 3.66. The van der Waals surface area contributed by atoms with Crippen molar-refractivity contribution in [3.63, 3.8) is 0 Å². The molecule has 0 aliphatic carbocycles. The Labute approximate surface area is 135 Å². The summed E-state index contributed by atoms with van der Waals surface area (Å²) in [5.41, 5.74) is 2.08. The smallest absolute Gasteiger partial charge is 0.336 e. The van der Waals surface area contributed by atoms with E-state index in [1.807, 2.05) is 32.1 Å². The topological polar surface area (TPSA) is 59.7 Å². The molecular formula is C19H22O4. The van der Waals surface area contributed by atoms with E-state index in [9.17, 15) is 9.90 Å². The minimum Gasteiger partial charge on any atom is -0.489 e. The van der Waals surface area contributed by atoms with E-state index in [1.54, 1.807) is 12.1 Å². The first-order valence-electron chi connectivity index (χ1n) is 7.61. The summed E-state index contributed by atoms with van der Waals surface area (Å²) in [7, 11) is 0. The van der Waals surface area contributed by atoms with Gasteiger partial charge in [-0.1, -0.05) is 17.7 Å². The van der Waals surface area contributed by atoms with Crippen molar-refractivity contribution >= 4 is 11.0 Å². The van der Waals surface area contributed by atoms with E-state index >= 15 is 0 Å². The molecule has 0 saturated carbocycles. The summed E-state index contributed by atoms with van der Waals surface area (Å²) in [6.07, 6.45) is 2.99. The van der Waals surface area contributed by atoms with Crippen LogP contribution in [0.4, 0.5) is 0 Å². The molecular weight excluding hydrogens is 292 g/mol. The summed E-state index contributed by atoms with van der Waals surface area (Å²) in [6, 6.07) is 8.53. The second-order valence-corrected chi connectivity index (χ2v) is 5.72. The molecule has 0 spiro atoms. The first kappa shape index (κ1) is 17.0. The molecule has 4 nitrogen and oxygen atoms in total. The number of fused-ring (bicyclic) bond motifs is 1. The van der Waals surface area contributed by atoms with Gasteiger partial charge in [-0.05, 0) is 51.0 Å². The van der Waals surface area contributed by atoms with Gasteiger partial charge in [0.2, 0.25) is 0 Å². The van der Waals surface area contributed by atoms with Crippen LogP contribution in [0.2, 0.25) is 0 Å². The highest BCUT2D eigenvalue weighted by atomic mass is 16.5. The first-order valence-corrected chi connectivity index (χ1v) is 7.61. The van der Waals surface area contributed by atoms with Crippen molar-refractivity contribution in [2.24, 2.45) is 0 Å². The molecule has 0 radical (unpaired) electrons. The molecule has 0 amide bonds. The molecule has 122 valence electrons. The van der Waals surface area contributed by atoms with Crippen LogP contribution in [0.1, 0.15) is 26.7 Å². The van der Waals surface area contributed by atoms with Gasteiger partial charge in [0.05, 0.1) is 6.10 Å². The fraction of sp³-hybridized carbons (Fsp3) is 0.316. The fourth-order valence-electron chi connectivity index (χ4n) is 2.12. The molecule has 1 N–H and O–H groups in total. The summed E-state index contributed by atoms with van der Waals surface area (Å²) >= 11 is 0. The number of allylic oxidation sites excluding steroid dienone is 1. The Morgan fingerprint density at radius 1 is 1.35 bits per heavy atom. The summed E-state index contributed by atoms with van der Waals surface area (Å²) in [5.74, 6) is 0.651. The Kier molecular flexibility index (Phi) is 5.77. The van der Waals surface area contributed by atoms with E-state index in [1.165, 1.54) is 6.07 Å².